The number of aromatic nitrogens is 2. The Morgan fingerprint density at radius 3 is 2.94 bits per heavy atom. The Balaban J connectivity index is 1.93. The van der Waals surface area contributed by atoms with Crippen LogP contribution in [0.3, 0.4) is 0 Å². The predicted octanol–water partition coefficient (Wildman–Crippen LogP) is 1.99. The van der Waals surface area contributed by atoms with Gasteiger partial charge >= 0.3 is 0 Å². The number of likely N-dealkylation sites (tertiary alicyclic amines) is 1. The molecule has 94 valence electrons. The number of nitrogens with one attached hydrogen (secondary N) is 1. The second kappa shape index (κ2) is 5.45. The molecule has 4 nitrogen and oxygen atoms in total. The SMILES string of the molecule is CCN1CCCC1CNc1cc(C)nc(C)n1. The largest absolute Gasteiger partial charge is 0.368 e. The maximum atomic E-state index is 4.41. The summed E-state index contributed by atoms with van der Waals surface area (Å²) in [5.41, 5.74) is 1.03. The van der Waals surface area contributed by atoms with Crippen LogP contribution in [0.25, 0.3) is 0 Å². The van der Waals surface area contributed by atoms with Gasteiger partial charge in [-0.1, -0.05) is 6.92 Å². The average molecular weight is 234 g/mol. The van der Waals surface area contributed by atoms with Crippen molar-refractivity contribution in [2.24, 2.45) is 0 Å². The minimum atomic E-state index is 0.663. The third-order valence-electron chi connectivity index (χ3n) is 3.39. The van der Waals surface area contributed by atoms with Gasteiger partial charge < -0.3 is 5.32 Å². The molecule has 0 aliphatic carbocycles. The van der Waals surface area contributed by atoms with Gasteiger partial charge in [0, 0.05) is 24.3 Å². The second-order valence-corrected chi connectivity index (χ2v) is 4.75. The molecule has 17 heavy (non-hydrogen) atoms. The summed E-state index contributed by atoms with van der Waals surface area (Å²) in [6, 6.07) is 2.67. The van der Waals surface area contributed by atoms with Gasteiger partial charge in [0.05, 0.1) is 0 Å². The van der Waals surface area contributed by atoms with Crippen molar-refractivity contribution in [2.45, 2.75) is 39.7 Å². The van der Waals surface area contributed by atoms with Crippen molar-refractivity contribution in [1.82, 2.24) is 14.9 Å². The van der Waals surface area contributed by atoms with E-state index in [-0.39, 0.29) is 0 Å². The van der Waals surface area contributed by atoms with E-state index in [0.717, 1.165) is 30.4 Å². The van der Waals surface area contributed by atoms with Crippen molar-refractivity contribution >= 4 is 5.82 Å². The third-order valence-corrected chi connectivity index (χ3v) is 3.39. The number of hydrogen-bond acceptors (Lipinski definition) is 4. The van der Waals surface area contributed by atoms with Gasteiger partial charge in [-0.15, -0.1) is 0 Å². The van der Waals surface area contributed by atoms with E-state index < -0.39 is 0 Å². The Morgan fingerprint density at radius 1 is 1.41 bits per heavy atom. The first-order valence-corrected chi connectivity index (χ1v) is 6.49. The Hall–Kier alpha value is -1.16. The molecule has 0 bridgehead atoms. The average Bonchev–Trinajstić information content (AvgIpc) is 2.72. The summed E-state index contributed by atoms with van der Waals surface area (Å²) in [6.07, 6.45) is 2.62. The van der Waals surface area contributed by atoms with Crippen LogP contribution in [0.2, 0.25) is 0 Å². The predicted molar refractivity (Wildman–Crippen MR) is 70.3 cm³/mol. The molecule has 0 saturated carbocycles. The summed E-state index contributed by atoms with van der Waals surface area (Å²) in [5, 5.41) is 3.44. The molecule has 1 N–H and O–H groups in total. The van der Waals surface area contributed by atoms with Crippen LogP contribution in [-0.4, -0.2) is 40.5 Å². The first kappa shape index (κ1) is 12.3. The highest BCUT2D eigenvalue weighted by Crippen LogP contribution is 2.17. The second-order valence-electron chi connectivity index (χ2n) is 4.75. The number of nitrogens with zero attached hydrogens (tertiary/aromatic N) is 3. The van der Waals surface area contributed by atoms with E-state index in [1.165, 1.54) is 19.4 Å². The van der Waals surface area contributed by atoms with Crippen molar-refractivity contribution in [3.05, 3.63) is 17.6 Å². The number of aryl methyl sites for hydroxylation is 2. The molecule has 2 rings (SSSR count). The Morgan fingerprint density at radius 2 is 2.24 bits per heavy atom. The van der Waals surface area contributed by atoms with Crippen molar-refractivity contribution in [1.29, 1.82) is 0 Å². The van der Waals surface area contributed by atoms with Crippen molar-refractivity contribution < 1.29 is 0 Å². The normalized spacial score (nSPS) is 20.8. The molecule has 0 aromatic carbocycles. The molecular weight excluding hydrogens is 212 g/mol. The van der Waals surface area contributed by atoms with E-state index in [9.17, 15) is 0 Å². The van der Waals surface area contributed by atoms with E-state index in [1.54, 1.807) is 0 Å². The van der Waals surface area contributed by atoms with Gasteiger partial charge in [0.25, 0.3) is 0 Å². The van der Waals surface area contributed by atoms with Gasteiger partial charge in [0.15, 0.2) is 0 Å². The van der Waals surface area contributed by atoms with Gasteiger partial charge in [0.2, 0.25) is 0 Å². The molecule has 1 aromatic rings. The minimum Gasteiger partial charge on any atom is -0.368 e. The quantitative estimate of drug-likeness (QED) is 0.865. The maximum Gasteiger partial charge on any atom is 0.129 e. The third kappa shape index (κ3) is 3.16. The Labute approximate surface area is 103 Å². The van der Waals surface area contributed by atoms with E-state index in [0.29, 0.717) is 6.04 Å². The molecule has 0 spiro atoms. The van der Waals surface area contributed by atoms with Crippen molar-refractivity contribution in [3.8, 4) is 0 Å². The monoisotopic (exact) mass is 234 g/mol. The summed E-state index contributed by atoms with van der Waals surface area (Å²) in [5.74, 6) is 1.80. The zero-order chi connectivity index (χ0) is 12.3. The fraction of sp³-hybridized carbons (Fsp3) is 0.692. The summed E-state index contributed by atoms with van der Waals surface area (Å²) < 4.78 is 0. The molecule has 0 amide bonds. The molecule has 1 fully saturated rings. The Bertz CT molecular complexity index is 357. The van der Waals surface area contributed by atoms with E-state index in [4.69, 9.17) is 0 Å². The highest BCUT2D eigenvalue weighted by atomic mass is 15.2. The first-order chi connectivity index (χ1) is 8.19. The van der Waals surface area contributed by atoms with Crippen molar-refractivity contribution in [3.63, 3.8) is 0 Å². The van der Waals surface area contributed by atoms with Gasteiger partial charge in [-0.2, -0.15) is 0 Å². The highest BCUT2D eigenvalue weighted by Gasteiger charge is 2.22. The van der Waals surface area contributed by atoms with Crippen LogP contribution in [0.4, 0.5) is 5.82 Å². The molecule has 1 aliphatic rings. The van der Waals surface area contributed by atoms with Crippen LogP contribution in [0.5, 0.6) is 0 Å². The van der Waals surface area contributed by atoms with Gasteiger partial charge in [-0.05, 0) is 39.8 Å². The van der Waals surface area contributed by atoms with Gasteiger partial charge in [-0.3, -0.25) is 4.90 Å². The van der Waals surface area contributed by atoms with Crippen LogP contribution in [-0.2, 0) is 0 Å². The molecular formula is C13H22N4. The standard InChI is InChI=1S/C13H22N4/c1-4-17-7-5-6-12(17)9-14-13-8-10(2)15-11(3)16-13/h8,12H,4-7,9H2,1-3H3,(H,14,15,16). The number of anilines is 1. The molecule has 4 heteroatoms. The van der Waals surface area contributed by atoms with Crippen LogP contribution < -0.4 is 5.32 Å². The van der Waals surface area contributed by atoms with Crippen LogP contribution in [0.1, 0.15) is 31.3 Å². The smallest absolute Gasteiger partial charge is 0.129 e. The number of rotatable bonds is 4. The lowest BCUT2D eigenvalue weighted by molar-refractivity contribution is 0.277. The van der Waals surface area contributed by atoms with Gasteiger partial charge in [-0.25, -0.2) is 9.97 Å². The first-order valence-electron chi connectivity index (χ1n) is 6.49. The summed E-state index contributed by atoms with van der Waals surface area (Å²) in [6.45, 7) is 9.56. The van der Waals surface area contributed by atoms with Crippen LogP contribution in [0.15, 0.2) is 6.07 Å². The van der Waals surface area contributed by atoms with Gasteiger partial charge in [0.1, 0.15) is 11.6 Å². The molecule has 1 unspecified atom stereocenters. The van der Waals surface area contributed by atoms with Crippen LogP contribution in [0, 0.1) is 13.8 Å². The van der Waals surface area contributed by atoms with E-state index >= 15 is 0 Å². The lowest BCUT2D eigenvalue weighted by Gasteiger charge is -2.23. The molecule has 1 atom stereocenters. The minimum absolute atomic E-state index is 0.663. The fourth-order valence-corrected chi connectivity index (χ4v) is 2.57. The lowest BCUT2D eigenvalue weighted by atomic mass is 10.2. The maximum absolute atomic E-state index is 4.41. The Kier molecular flexibility index (Phi) is 3.94. The molecule has 1 aliphatic heterocycles. The van der Waals surface area contributed by atoms with E-state index in [1.807, 2.05) is 19.9 Å². The topological polar surface area (TPSA) is 41.0 Å². The number of likely N-dealkylation sites (N-methyl/N-ethyl adjacent to an activating group) is 1. The summed E-state index contributed by atoms with van der Waals surface area (Å²) >= 11 is 0. The van der Waals surface area contributed by atoms with E-state index in [2.05, 4.69) is 27.1 Å². The molecule has 0 radical (unpaired) electrons. The van der Waals surface area contributed by atoms with Crippen molar-refractivity contribution in [2.75, 3.05) is 25.0 Å². The molecule has 1 aromatic heterocycles. The zero-order valence-corrected chi connectivity index (χ0v) is 11.0. The summed E-state index contributed by atoms with van der Waals surface area (Å²) in [7, 11) is 0. The molecule has 2 heterocycles. The zero-order valence-electron chi connectivity index (χ0n) is 11.0. The summed E-state index contributed by atoms with van der Waals surface area (Å²) in [4.78, 5) is 11.2. The lowest BCUT2D eigenvalue weighted by Crippen LogP contribution is -2.34. The van der Waals surface area contributed by atoms with Crippen LogP contribution >= 0.6 is 0 Å². The number of hydrogen-bond donors (Lipinski definition) is 1. The highest BCUT2D eigenvalue weighted by molar-refractivity contribution is 5.35. The fourth-order valence-electron chi connectivity index (χ4n) is 2.57. The molecule has 1 saturated heterocycles.